The summed E-state index contributed by atoms with van der Waals surface area (Å²) in [6.45, 7) is 0.843. The topological polar surface area (TPSA) is 54.7 Å². The van der Waals surface area contributed by atoms with E-state index < -0.39 is 5.60 Å². The Bertz CT molecular complexity index is 964. The van der Waals surface area contributed by atoms with Gasteiger partial charge in [-0.2, -0.15) is 0 Å². The summed E-state index contributed by atoms with van der Waals surface area (Å²) < 4.78 is 7.17. The second kappa shape index (κ2) is 6.18. The van der Waals surface area contributed by atoms with Crippen molar-refractivity contribution in [2.24, 2.45) is 7.05 Å². The molecule has 0 radical (unpaired) electrons. The Balaban J connectivity index is 1.63. The second-order valence-electron chi connectivity index (χ2n) is 6.89. The van der Waals surface area contributed by atoms with E-state index in [0.717, 1.165) is 22.2 Å². The number of carbonyl (C=O) groups is 1. The lowest BCUT2D eigenvalue weighted by molar-refractivity contribution is 0.0414. The maximum atomic E-state index is 13.1. The molecule has 134 valence electrons. The Hall–Kier alpha value is -2.79. The van der Waals surface area contributed by atoms with Crippen LogP contribution >= 0.6 is 0 Å². The Morgan fingerprint density at radius 3 is 2.65 bits per heavy atom. The molecule has 2 heterocycles. The monoisotopic (exact) mass is 350 g/mol. The van der Waals surface area contributed by atoms with E-state index in [1.54, 1.807) is 12.0 Å². The fourth-order valence-electron chi connectivity index (χ4n) is 3.76. The Kier molecular flexibility index (Phi) is 3.96. The molecule has 5 heteroatoms. The molecule has 1 aliphatic heterocycles. The molecule has 1 saturated heterocycles. The summed E-state index contributed by atoms with van der Waals surface area (Å²) in [6, 6.07) is 17.2. The third-order valence-electron chi connectivity index (χ3n) is 5.32. The van der Waals surface area contributed by atoms with E-state index in [1.165, 1.54) is 0 Å². The quantitative estimate of drug-likeness (QED) is 0.790. The number of aromatic nitrogens is 1. The van der Waals surface area contributed by atoms with Crippen molar-refractivity contribution in [2.75, 3.05) is 20.2 Å². The highest BCUT2D eigenvalue weighted by molar-refractivity contribution is 5.99. The van der Waals surface area contributed by atoms with Crippen molar-refractivity contribution in [1.82, 2.24) is 9.47 Å². The van der Waals surface area contributed by atoms with Crippen LogP contribution < -0.4 is 4.74 Å². The predicted octanol–water partition coefficient (Wildman–Crippen LogP) is 2.92. The standard InChI is InChI=1S/C21H22N2O3/c1-22-18-13-17(26-2)9-8-15(18)12-19(22)20(24)23-11-10-21(25,14-23)16-6-4-3-5-7-16/h3-9,12-13,25H,10-11,14H2,1-2H3/t21-/m1/s1. The highest BCUT2D eigenvalue weighted by Gasteiger charge is 2.40. The molecule has 2 aromatic carbocycles. The summed E-state index contributed by atoms with van der Waals surface area (Å²) in [6.07, 6.45) is 0.542. The molecule has 1 atom stereocenters. The Morgan fingerprint density at radius 2 is 1.92 bits per heavy atom. The van der Waals surface area contributed by atoms with Gasteiger partial charge in [0.2, 0.25) is 0 Å². The van der Waals surface area contributed by atoms with Crippen LogP contribution in [0.5, 0.6) is 5.75 Å². The summed E-state index contributed by atoms with van der Waals surface area (Å²) in [4.78, 5) is 14.8. The summed E-state index contributed by atoms with van der Waals surface area (Å²) >= 11 is 0. The first-order valence-corrected chi connectivity index (χ1v) is 8.72. The number of aryl methyl sites for hydroxylation is 1. The molecular formula is C21H22N2O3. The lowest BCUT2D eigenvalue weighted by Crippen LogP contribution is -2.35. The average Bonchev–Trinajstić information content (AvgIpc) is 3.23. The van der Waals surface area contributed by atoms with Crippen molar-refractivity contribution in [1.29, 1.82) is 0 Å². The summed E-state index contributed by atoms with van der Waals surface area (Å²) in [5.74, 6) is 0.701. The van der Waals surface area contributed by atoms with Gasteiger partial charge in [-0.15, -0.1) is 0 Å². The fourth-order valence-corrected chi connectivity index (χ4v) is 3.76. The molecule has 3 aromatic rings. The van der Waals surface area contributed by atoms with Crippen molar-refractivity contribution in [2.45, 2.75) is 12.0 Å². The van der Waals surface area contributed by atoms with E-state index in [9.17, 15) is 9.90 Å². The van der Waals surface area contributed by atoms with Crippen molar-refractivity contribution in [3.63, 3.8) is 0 Å². The number of likely N-dealkylation sites (tertiary alicyclic amines) is 1. The van der Waals surface area contributed by atoms with Crippen LogP contribution in [-0.4, -0.2) is 40.7 Å². The van der Waals surface area contributed by atoms with Crippen LogP contribution in [0.15, 0.2) is 54.6 Å². The molecule has 1 amide bonds. The van der Waals surface area contributed by atoms with Gasteiger partial charge in [-0.3, -0.25) is 4.79 Å². The van der Waals surface area contributed by atoms with Crippen molar-refractivity contribution in [3.05, 3.63) is 65.9 Å². The van der Waals surface area contributed by atoms with E-state index in [0.29, 0.717) is 25.2 Å². The Labute approximate surface area is 152 Å². The van der Waals surface area contributed by atoms with Crippen LogP contribution in [0.25, 0.3) is 10.9 Å². The average molecular weight is 350 g/mol. The summed E-state index contributed by atoms with van der Waals surface area (Å²) in [5.41, 5.74) is 1.44. The van der Waals surface area contributed by atoms with Crippen molar-refractivity contribution < 1.29 is 14.6 Å². The van der Waals surface area contributed by atoms with Crippen LogP contribution in [0.1, 0.15) is 22.5 Å². The maximum absolute atomic E-state index is 13.1. The van der Waals surface area contributed by atoms with Crippen LogP contribution in [-0.2, 0) is 12.6 Å². The van der Waals surface area contributed by atoms with E-state index in [-0.39, 0.29) is 5.91 Å². The minimum absolute atomic E-state index is 0.0606. The number of benzene rings is 2. The fraction of sp³-hybridized carbons (Fsp3) is 0.286. The van der Waals surface area contributed by atoms with Gasteiger partial charge in [0.05, 0.1) is 19.2 Å². The van der Waals surface area contributed by atoms with Gasteiger partial charge in [-0.05, 0) is 30.2 Å². The van der Waals surface area contributed by atoms with E-state index >= 15 is 0 Å². The third kappa shape index (κ3) is 2.65. The Morgan fingerprint density at radius 1 is 1.15 bits per heavy atom. The number of rotatable bonds is 3. The third-order valence-corrected chi connectivity index (χ3v) is 5.32. The molecule has 5 nitrogen and oxygen atoms in total. The molecule has 0 spiro atoms. The van der Waals surface area contributed by atoms with Gasteiger partial charge in [-0.25, -0.2) is 0 Å². The van der Waals surface area contributed by atoms with Crippen LogP contribution in [0, 0.1) is 0 Å². The zero-order valence-corrected chi connectivity index (χ0v) is 15.0. The molecule has 1 N–H and O–H groups in total. The predicted molar refractivity (Wildman–Crippen MR) is 100 cm³/mol. The zero-order chi connectivity index (χ0) is 18.3. The zero-order valence-electron chi connectivity index (χ0n) is 15.0. The molecule has 0 unspecified atom stereocenters. The summed E-state index contributed by atoms with van der Waals surface area (Å²) in [7, 11) is 3.51. The van der Waals surface area contributed by atoms with Gasteiger partial charge < -0.3 is 19.3 Å². The van der Waals surface area contributed by atoms with Gasteiger partial charge in [0.25, 0.3) is 5.91 Å². The van der Waals surface area contributed by atoms with E-state index in [1.807, 2.05) is 66.2 Å². The van der Waals surface area contributed by atoms with Gasteiger partial charge in [0.1, 0.15) is 17.0 Å². The first-order valence-electron chi connectivity index (χ1n) is 8.72. The van der Waals surface area contributed by atoms with E-state index in [2.05, 4.69) is 0 Å². The molecule has 26 heavy (non-hydrogen) atoms. The highest BCUT2D eigenvalue weighted by atomic mass is 16.5. The smallest absolute Gasteiger partial charge is 0.270 e. The largest absolute Gasteiger partial charge is 0.497 e. The van der Waals surface area contributed by atoms with Crippen LogP contribution in [0.3, 0.4) is 0 Å². The molecule has 4 rings (SSSR count). The SMILES string of the molecule is COc1ccc2cc(C(=O)N3CC[C@](O)(c4ccccc4)C3)n(C)c2c1. The first-order chi connectivity index (χ1) is 12.5. The number of amides is 1. The molecule has 0 saturated carbocycles. The van der Waals surface area contributed by atoms with Crippen LogP contribution in [0.4, 0.5) is 0 Å². The number of β-amino-alcohol motifs (C(OH)–C–C–N with tert-alkyl or cyclic N) is 1. The molecular weight excluding hydrogens is 328 g/mol. The number of hydrogen-bond acceptors (Lipinski definition) is 3. The molecule has 1 aromatic heterocycles. The van der Waals surface area contributed by atoms with Gasteiger partial charge in [-0.1, -0.05) is 30.3 Å². The number of carbonyl (C=O) groups excluding carboxylic acids is 1. The second-order valence-corrected chi connectivity index (χ2v) is 6.89. The number of ether oxygens (including phenoxy) is 1. The van der Waals surface area contributed by atoms with Gasteiger partial charge in [0, 0.05) is 25.0 Å². The minimum Gasteiger partial charge on any atom is -0.497 e. The molecule has 1 aliphatic rings. The molecule has 1 fully saturated rings. The highest BCUT2D eigenvalue weighted by Crippen LogP contribution is 2.33. The van der Waals surface area contributed by atoms with Crippen molar-refractivity contribution in [3.8, 4) is 5.75 Å². The number of fused-ring (bicyclic) bond motifs is 1. The molecule has 0 aliphatic carbocycles. The summed E-state index contributed by atoms with van der Waals surface area (Å²) in [5, 5.41) is 12.0. The van der Waals surface area contributed by atoms with E-state index in [4.69, 9.17) is 4.74 Å². The number of aliphatic hydroxyl groups is 1. The van der Waals surface area contributed by atoms with Crippen molar-refractivity contribution >= 4 is 16.8 Å². The lowest BCUT2D eigenvalue weighted by Gasteiger charge is -2.24. The van der Waals surface area contributed by atoms with Gasteiger partial charge >= 0.3 is 0 Å². The lowest BCUT2D eigenvalue weighted by atomic mass is 9.93. The van der Waals surface area contributed by atoms with Gasteiger partial charge in [0.15, 0.2) is 0 Å². The molecule has 0 bridgehead atoms. The van der Waals surface area contributed by atoms with Crippen LogP contribution in [0.2, 0.25) is 0 Å². The minimum atomic E-state index is -0.981. The number of hydrogen-bond donors (Lipinski definition) is 1. The normalized spacial score (nSPS) is 19.9. The maximum Gasteiger partial charge on any atom is 0.270 e. The number of nitrogens with zero attached hydrogens (tertiary/aromatic N) is 2. The first kappa shape index (κ1) is 16.7. The number of methoxy groups -OCH3 is 1.